The van der Waals surface area contributed by atoms with Crippen LogP contribution < -0.4 is 4.90 Å². The van der Waals surface area contributed by atoms with E-state index in [-0.39, 0.29) is 0 Å². The lowest BCUT2D eigenvalue weighted by Crippen LogP contribution is -2.10. The Balaban J connectivity index is 0.896. The Hall–Kier alpha value is -8.92. The fourth-order valence-electron chi connectivity index (χ4n) is 10.3. The van der Waals surface area contributed by atoms with Crippen molar-refractivity contribution >= 4 is 71.6 Å². The molecule has 0 N–H and O–H groups in total. The van der Waals surface area contributed by atoms with E-state index in [9.17, 15) is 0 Å². The zero-order valence-electron chi connectivity index (χ0n) is 36.6. The number of fused-ring (bicyclic) bond motifs is 7. The summed E-state index contributed by atoms with van der Waals surface area (Å²) in [7, 11) is 0. The van der Waals surface area contributed by atoms with E-state index >= 15 is 0 Å². The molecule has 0 aliphatic rings. The molecule has 0 unspecified atom stereocenters. The van der Waals surface area contributed by atoms with Crippen molar-refractivity contribution in [2.45, 2.75) is 0 Å². The molecular weight excluding hydrogens is 813 g/mol. The Morgan fingerprint density at radius 3 is 1.45 bits per heavy atom. The van der Waals surface area contributed by atoms with Crippen molar-refractivity contribution in [1.82, 2.24) is 4.57 Å². The van der Waals surface area contributed by atoms with E-state index in [4.69, 9.17) is 4.42 Å². The van der Waals surface area contributed by atoms with Crippen LogP contribution >= 0.6 is 0 Å². The van der Waals surface area contributed by atoms with Gasteiger partial charge in [-0.25, -0.2) is 0 Å². The summed E-state index contributed by atoms with van der Waals surface area (Å²) >= 11 is 0. The number of nitrogens with zero attached hydrogens (tertiary/aromatic N) is 2. The predicted molar refractivity (Wildman–Crippen MR) is 282 cm³/mol. The number of para-hydroxylation sites is 4. The summed E-state index contributed by atoms with van der Waals surface area (Å²) in [4.78, 5) is 2.36. The summed E-state index contributed by atoms with van der Waals surface area (Å²) in [6.45, 7) is 0. The fourth-order valence-corrected chi connectivity index (χ4v) is 10.3. The summed E-state index contributed by atoms with van der Waals surface area (Å²) in [5, 5.41) is 7.21. The lowest BCUT2D eigenvalue weighted by atomic mass is 9.90. The smallest absolute Gasteiger partial charge is 0.143 e. The number of benzene rings is 11. The highest BCUT2D eigenvalue weighted by atomic mass is 16.3. The number of anilines is 3. The second-order valence-electron chi connectivity index (χ2n) is 17.3. The zero-order chi connectivity index (χ0) is 44.3. The number of rotatable bonds is 8. The van der Waals surface area contributed by atoms with Gasteiger partial charge in [0.05, 0.1) is 11.0 Å². The van der Waals surface area contributed by atoms with Crippen LogP contribution in [-0.2, 0) is 0 Å². The summed E-state index contributed by atoms with van der Waals surface area (Å²) in [6.07, 6.45) is 0. The summed E-state index contributed by atoms with van der Waals surface area (Å²) in [5.41, 5.74) is 17.9. The third kappa shape index (κ3) is 6.59. The topological polar surface area (TPSA) is 21.3 Å². The quantitative estimate of drug-likeness (QED) is 0.152. The van der Waals surface area contributed by atoms with Crippen LogP contribution in [-0.4, -0.2) is 4.57 Å². The SMILES string of the molecule is c1ccc(-c2ccc(N(c3ccc(-c4cccc5cccc(-c6cccc(-c7cccc8c7oc7ccccc78)c6)c45)cc3)c3ccc(-n4c5ccccc5c5ccccc54)cc3)cc2)cc1. The second-order valence-corrected chi connectivity index (χ2v) is 17.3. The maximum atomic E-state index is 6.48. The Morgan fingerprint density at radius 1 is 0.313 bits per heavy atom. The van der Waals surface area contributed by atoms with E-state index in [1.165, 1.54) is 54.8 Å². The molecule has 0 spiro atoms. The van der Waals surface area contributed by atoms with Crippen molar-refractivity contribution < 1.29 is 4.42 Å². The van der Waals surface area contributed by atoms with E-state index in [1.807, 2.05) is 12.1 Å². The highest BCUT2D eigenvalue weighted by Gasteiger charge is 2.18. The number of hydrogen-bond acceptors (Lipinski definition) is 2. The van der Waals surface area contributed by atoms with Crippen LogP contribution in [0.2, 0.25) is 0 Å². The van der Waals surface area contributed by atoms with Crippen molar-refractivity contribution in [2.24, 2.45) is 0 Å². The molecule has 0 radical (unpaired) electrons. The molecule has 0 fully saturated rings. The van der Waals surface area contributed by atoms with E-state index in [0.717, 1.165) is 66.9 Å². The van der Waals surface area contributed by atoms with Gasteiger partial charge in [-0.3, -0.25) is 0 Å². The monoisotopic (exact) mass is 854 g/mol. The van der Waals surface area contributed by atoms with Gasteiger partial charge in [-0.1, -0.05) is 182 Å². The van der Waals surface area contributed by atoms with Gasteiger partial charge in [0.2, 0.25) is 0 Å². The van der Waals surface area contributed by atoms with Gasteiger partial charge < -0.3 is 13.9 Å². The minimum Gasteiger partial charge on any atom is -0.455 e. The zero-order valence-corrected chi connectivity index (χ0v) is 36.6. The molecular formula is C64H42N2O. The summed E-state index contributed by atoms with van der Waals surface area (Å²) in [6, 6.07) is 91.8. The van der Waals surface area contributed by atoms with Gasteiger partial charge in [0.25, 0.3) is 0 Å². The van der Waals surface area contributed by atoms with Crippen molar-refractivity contribution in [1.29, 1.82) is 0 Å². The first-order valence-electron chi connectivity index (χ1n) is 22.9. The molecule has 0 aliphatic carbocycles. The van der Waals surface area contributed by atoms with Crippen molar-refractivity contribution in [3.05, 3.63) is 255 Å². The maximum Gasteiger partial charge on any atom is 0.143 e. The third-order valence-electron chi connectivity index (χ3n) is 13.4. The second kappa shape index (κ2) is 16.0. The summed E-state index contributed by atoms with van der Waals surface area (Å²) in [5.74, 6) is 0. The standard InChI is InChI=1S/C64H42N2O/c1-2-14-43(15-3-1)44-30-34-49(35-31-44)65(51-38-40-52(41-39-51)66-60-27-7-4-20-56(60)57-21-5-8-28-61(57)66)50-36-32-45(33-37-50)53-23-11-16-46-17-12-24-54(63(46)53)47-18-10-19-48(42-47)55-25-13-26-59-58-22-6-9-29-62(58)67-64(55)59/h1-42H. The highest BCUT2D eigenvalue weighted by Crippen LogP contribution is 2.43. The Bertz CT molecular complexity index is 3900. The van der Waals surface area contributed by atoms with Crippen LogP contribution in [0, 0.1) is 0 Å². The van der Waals surface area contributed by atoms with Gasteiger partial charge >= 0.3 is 0 Å². The molecule has 3 nitrogen and oxygen atoms in total. The molecule has 0 saturated carbocycles. The molecule has 0 bridgehead atoms. The maximum absolute atomic E-state index is 6.48. The Morgan fingerprint density at radius 2 is 0.776 bits per heavy atom. The van der Waals surface area contributed by atoms with Gasteiger partial charge in [-0.15, -0.1) is 0 Å². The lowest BCUT2D eigenvalue weighted by Gasteiger charge is -2.26. The normalized spacial score (nSPS) is 11.6. The van der Waals surface area contributed by atoms with Gasteiger partial charge in [0, 0.05) is 49.9 Å². The van der Waals surface area contributed by atoms with E-state index < -0.39 is 0 Å². The van der Waals surface area contributed by atoms with Gasteiger partial charge in [0.15, 0.2) is 0 Å². The molecule has 13 rings (SSSR count). The predicted octanol–water partition coefficient (Wildman–Crippen LogP) is 18.0. The minimum atomic E-state index is 0.906. The third-order valence-corrected chi connectivity index (χ3v) is 13.4. The molecule has 314 valence electrons. The molecule has 13 aromatic rings. The summed E-state index contributed by atoms with van der Waals surface area (Å²) < 4.78 is 8.85. The lowest BCUT2D eigenvalue weighted by molar-refractivity contribution is 0.670. The first kappa shape index (κ1) is 38.5. The fraction of sp³-hybridized carbons (Fsp3) is 0. The van der Waals surface area contributed by atoms with Crippen molar-refractivity contribution in [3.8, 4) is 50.2 Å². The van der Waals surface area contributed by atoms with Gasteiger partial charge in [-0.05, 0) is 123 Å². The average molecular weight is 855 g/mol. The molecule has 2 heterocycles. The van der Waals surface area contributed by atoms with Crippen molar-refractivity contribution in [3.63, 3.8) is 0 Å². The van der Waals surface area contributed by atoms with Gasteiger partial charge in [-0.2, -0.15) is 0 Å². The molecule has 0 atom stereocenters. The number of hydrogen-bond donors (Lipinski definition) is 0. The van der Waals surface area contributed by atoms with Crippen molar-refractivity contribution in [2.75, 3.05) is 4.90 Å². The molecule has 0 amide bonds. The molecule has 11 aromatic carbocycles. The Kier molecular flexibility index (Phi) is 9.17. The van der Waals surface area contributed by atoms with Crippen LogP contribution in [0.1, 0.15) is 0 Å². The van der Waals surface area contributed by atoms with E-state index in [0.29, 0.717) is 0 Å². The van der Waals surface area contributed by atoms with Crippen LogP contribution in [0.5, 0.6) is 0 Å². The molecule has 67 heavy (non-hydrogen) atoms. The Labute approximate surface area is 388 Å². The molecule has 3 heteroatoms. The first-order valence-corrected chi connectivity index (χ1v) is 22.9. The molecule has 0 saturated heterocycles. The van der Waals surface area contributed by atoms with E-state index in [2.05, 4.69) is 252 Å². The largest absolute Gasteiger partial charge is 0.455 e. The van der Waals surface area contributed by atoms with Gasteiger partial charge in [0.1, 0.15) is 11.2 Å². The first-order chi connectivity index (χ1) is 33.2. The van der Waals surface area contributed by atoms with Crippen LogP contribution in [0.15, 0.2) is 259 Å². The highest BCUT2D eigenvalue weighted by molar-refractivity contribution is 6.11. The number of furan rings is 1. The minimum absolute atomic E-state index is 0.906. The molecule has 2 aromatic heterocycles. The average Bonchev–Trinajstić information content (AvgIpc) is 3.96. The van der Waals surface area contributed by atoms with Crippen LogP contribution in [0.4, 0.5) is 17.1 Å². The van der Waals surface area contributed by atoms with E-state index in [1.54, 1.807) is 0 Å². The molecule has 0 aliphatic heterocycles. The van der Waals surface area contributed by atoms with Crippen LogP contribution in [0.25, 0.3) is 105 Å². The van der Waals surface area contributed by atoms with Crippen LogP contribution in [0.3, 0.4) is 0 Å². The number of aromatic nitrogens is 1.